The molecule has 0 fully saturated rings. The summed E-state index contributed by atoms with van der Waals surface area (Å²) in [6, 6.07) is 5.14. The molecule has 0 aliphatic carbocycles. The van der Waals surface area contributed by atoms with Crippen molar-refractivity contribution < 1.29 is 14.3 Å². The number of ether oxygens (including phenoxy) is 2. The minimum Gasteiger partial charge on any atom is -0.440 e. The second kappa shape index (κ2) is 6.35. The number of hydrogen-bond acceptors (Lipinski definition) is 5. The molecule has 0 saturated carbocycles. The molecule has 0 unspecified atom stereocenters. The van der Waals surface area contributed by atoms with Crippen LogP contribution >= 0.6 is 12.2 Å². The predicted molar refractivity (Wildman–Crippen MR) is 85.8 cm³/mol. The van der Waals surface area contributed by atoms with Gasteiger partial charge in [0.2, 0.25) is 5.88 Å². The van der Waals surface area contributed by atoms with Crippen LogP contribution in [0.5, 0.6) is 11.6 Å². The fraction of sp³-hybridized carbons (Fsp3) is 0.267. The highest BCUT2D eigenvalue weighted by Gasteiger charge is 2.21. The van der Waals surface area contributed by atoms with E-state index in [0.717, 1.165) is 5.56 Å². The van der Waals surface area contributed by atoms with Gasteiger partial charge in [-0.3, -0.25) is 14.6 Å². The van der Waals surface area contributed by atoms with Gasteiger partial charge in [0.05, 0.1) is 12.2 Å². The number of nitrogens with one attached hydrogen (secondary N) is 3. The molecule has 2 heterocycles. The van der Waals surface area contributed by atoms with Crippen molar-refractivity contribution in [1.29, 1.82) is 0 Å². The van der Waals surface area contributed by atoms with E-state index in [0.29, 0.717) is 42.3 Å². The second-order valence-corrected chi connectivity index (χ2v) is 5.47. The lowest BCUT2D eigenvalue weighted by atomic mass is 10.0. The lowest BCUT2D eigenvalue weighted by Gasteiger charge is -2.19. The van der Waals surface area contributed by atoms with Gasteiger partial charge in [-0.1, -0.05) is 6.07 Å². The third-order valence-electron chi connectivity index (χ3n) is 3.50. The van der Waals surface area contributed by atoms with Crippen LogP contribution in [0.1, 0.15) is 21.5 Å². The van der Waals surface area contributed by atoms with Gasteiger partial charge in [0.15, 0.2) is 4.77 Å². The minimum absolute atomic E-state index is 0.200. The van der Waals surface area contributed by atoms with E-state index in [1.165, 1.54) is 0 Å². The highest BCUT2D eigenvalue weighted by Crippen LogP contribution is 2.33. The number of benzene rings is 1. The first-order valence-electron chi connectivity index (χ1n) is 7.02. The van der Waals surface area contributed by atoms with E-state index in [4.69, 9.17) is 21.7 Å². The van der Waals surface area contributed by atoms with Crippen molar-refractivity contribution in [3.63, 3.8) is 0 Å². The molecule has 7 nitrogen and oxygen atoms in total. The number of aromatic nitrogens is 2. The van der Waals surface area contributed by atoms with E-state index in [2.05, 4.69) is 15.3 Å². The molecule has 1 amide bonds. The fourth-order valence-electron chi connectivity index (χ4n) is 2.35. The topological polar surface area (TPSA) is 96.2 Å². The van der Waals surface area contributed by atoms with Gasteiger partial charge < -0.3 is 19.8 Å². The minimum atomic E-state index is -0.268. The number of amides is 1. The molecule has 0 bridgehead atoms. The molecule has 1 aliphatic rings. The molecule has 2 aromatic rings. The zero-order valence-electron chi connectivity index (χ0n) is 12.4. The number of rotatable bonds is 4. The van der Waals surface area contributed by atoms with Crippen molar-refractivity contribution in [3.05, 3.63) is 50.0 Å². The van der Waals surface area contributed by atoms with Gasteiger partial charge in [-0.2, -0.15) is 0 Å². The van der Waals surface area contributed by atoms with Crippen molar-refractivity contribution in [2.24, 2.45) is 0 Å². The Balaban J connectivity index is 1.87. The van der Waals surface area contributed by atoms with Gasteiger partial charge in [0.1, 0.15) is 5.75 Å². The van der Waals surface area contributed by atoms with Crippen molar-refractivity contribution in [2.45, 2.75) is 6.42 Å². The summed E-state index contributed by atoms with van der Waals surface area (Å²) in [5, 5.41) is 2.75. The molecule has 23 heavy (non-hydrogen) atoms. The van der Waals surface area contributed by atoms with Crippen molar-refractivity contribution in [3.8, 4) is 11.6 Å². The summed E-state index contributed by atoms with van der Waals surface area (Å²) in [4.78, 5) is 29.3. The Hall–Kier alpha value is -2.45. The van der Waals surface area contributed by atoms with Gasteiger partial charge in [-0.25, -0.2) is 0 Å². The van der Waals surface area contributed by atoms with Crippen LogP contribution in [0.4, 0.5) is 0 Å². The summed E-state index contributed by atoms with van der Waals surface area (Å²) in [5.74, 6) is 0.648. The van der Waals surface area contributed by atoms with E-state index >= 15 is 0 Å². The van der Waals surface area contributed by atoms with Crippen LogP contribution in [0, 0.1) is 4.77 Å². The lowest BCUT2D eigenvalue weighted by molar-refractivity contribution is 0.0936. The summed E-state index contributed by atoms with van der Waals surface area (Å²) in [6.07, 6.45) is 0.414. The van der Waals surface area contributed by atoms with Crippen LogP contribution in [-0.4, -0.2) is 36.1 Å². The van der Waals surface area contributed by atoms with Crippen LogP contribution < -0.4 is 15.6 Å². The Morgan fingerprint density at radius 2 is 2.26 bits per heavy atom. The zero-order chi connectivity index (χ0) is 16.4. The Bertz CT molecular complexity index is 872. The predicted octanol–water partition coefficient (Wildman–Crippen LogP) is 1.51. The van der Waals surface area contributed by atoms with Gasteiger partial charge >= 0.3 is 0 Å². The molecule has 3 rings (SSSR count). The van der Waals surface area contributed by atoms with Gasteiger partial charge in [-0.05, 0) is 29.9 Å². The molecule has 1 aromatic carbocycles. The molecule has 3 N–H and O–H groups in total. The van der Waals surface area contributed by atoms with E-state index in [1.54, 1.807) is 25.3 Å². The van der Waals surface area contributed by atoms with E-state index in [-0.39, 0.29) is 16.2 Å². The average Bonchev–Trinajstić information content (AvgIpc) is 2.52. The molecule has 0 radical (unpaired) electrons. The Morgan fingerprint density at radius 3 is 3.04 bits per heavy atom. The molecule has 0 atom stereocenters. The van der Waals surface area contributed by atoms with Crippen molar-refractivity contribution >= 4 is 18.1 Å². The van der Waals surface area contributed by atoms with Crippen molar-refractivity contribution in [1.82, 2.24) is 15.3 Å². The van der Waals surface area contributed by atoms with E-state index in [1.807, 2.05) is 0 Å². The number of methoxy groups -OCH3 is 1. The summed E-state index contributed by atoms with van der Waals surface area (Å²) in [7, 11) is 1.57. The van der Waals surface area contributed by atoms with Crippen LogP contribution in [0.15, 0.2) is 23.0 Å². The van der Waals surface area contributed by atoms with Gasteiger partial charge in [0.25, 0.3) is 11.5 Å². The molecule has 120 valence electrons. The van der Waals surface area contributed by atoms with Crippen LogP contribution in [0.25, 0.3) is 0 Å². The van der Waals surface area contributed by atoms with Gasteiger partial charge in [0, 0.05) is 25.6 Å². The summed E-state index contributed by atoms with van der Waals surface area (Å²) in [5.41, 5.74) is 1.54. The van der Waals surface area contributed by atoms with Crippen LogP contribution in [-0.2, 0) is 11.2 Å². The average molecular weight is 333 g/mol. The van der Waals surface area contributed by atoms with Crippen molar-refractivity contribution in [2.75, 3.05) is 20.3 Å². The SMILES string of the molecule is COCCNC(=O)c1ccc2c(c1)Oc1[nH]c(=S)[nH]c(=O)c1C2. The monoisotopic (exact) mass is 333 g/mol. The summed E-state index contributed by atoms with van der Waals surface area (Å²) >= 11 is 4.94. The molecule has 8 heteroatoms. The van der Waals surface area contributed by atoms with Gasteiger partial charge in [-0.15, -0.1) is 0 Å². The summed E-state index contributed by atoms with van der Waals surface area (Å²) < 4.78 is 10.8. The first-order chi connectivity index (χ1) is 11.1. The molecule has 0 spiro atoms. The Labute approximate surface area is 136 Å². The second-order valence-electron chi connectivity index (χ2n) is 5.07. The first-order valence-corrected chi connectivity index (χ1v) is 7.42. The zero-order valence-corrected chi connectivity index (χ0v) is 13.2. The highest BCUT2D eigenvalue weighted by atomic mass is 32.1. The Kier molecular flexibility index (Phi) is 4.26. The fourth-order valence-corrected chi connectivity index (χ4v) is 2.53. The van der Waals surface area contributed by atoms with Crippen LogP contribution in [0.3, 0.4) is 0 Å². The third-order valence-corrected chi connectivity index (χ3v) is 3.71. The largest absolute Gasteiger partial charge is 0.440 e. The maximum atomic E-state index is 12.1. The molecule has 0 saturated heterocycles. The number of hydrogen-bond donors (Lipinski definition) is 3. The number of H-pyrrole nitrogens is 2. The number of fused-ring (bicyclic) bond motifs is 2. The van der Waals surface area contributed by atoms with E-state index in [9.17, 15) is 9.59 Å². The molecule has 1 aromatic heterocycles. The highest BCUT2D eigenvalue weighted by molar-refractivity contribution is 7.71. The lowest BCUT2D eigenvalue weighted by Crippen LogP contribution is -2.27. The number of carbonyl (C=O) groups is 1. The quantitative estimate of drug-likeness (QED) is 0.497. The maximum Gasteiger partial charge on any atom is 0.259 e. The first kappa shape index (κ1) is 15.4. The molecule has 1 aliphatic heterocycles. The number of carbonyl (C=O) groups excluding carboxylic acids is 1. The third kappa shape index (κ3) is 3.17. The van der Waals surface area contributed by atoms with Crippen LogP contribution in [0.2, 0.25) is 0 Å². The van der Waals surface area contributed by atoms with E-state index < -0.39 is 0 Å². The maximum absolute atomic E-state index is 12.1. The number of aromatic amines is 2. The standard InChI is InChI=1S/C15H15N3O4S/c1-21-5-4-16-12(19)9-3-2-8-6-10-13(20)17-15(23)18-14(10)22-11(8)7-9/h2-3,7H,4-6H2,1H3,(H,16,19)(H2,17,18,20,23). The Morgan fingerprint density at radius 1 is 1.43 bits per heavy atom. The molecular weight excluding hydrogens is 318 g/mol. The normalized spacial score (nSPS) is 12.0. The smallest absolute Gasteiger partial charge is 0.259 e. The summed E-state index contributed by atoms with van der Waals surface area (Å²) in [6.45, 7) is 0.873. The molecular formula is C15H15N3O4S.